The molecule has 94 heavy (non-hydrogen) atoms. The quantitative estimate of drug-likeness (QED) is 0.00654. The first-order valence-corrected chi connectivity index (χ1v) is 33.2. The third kappa shape index (κ3) is 29.2. The van der Waals surface area contributed by atoms with E-state index in [1.165, 1.54) is 46.8 Å². The minimum Gasteiger partial charge on any atom is -0.508 e. The van der Waals surface area contributed by atoms with Crippen molar-refractivity contribution in [2.24, 2.45) is 29.4 Å². The van der Waals surface area contributed by atoms with Crippen LogP contribution in [0.15, 0.2) is 97.2 Å². The van der Waals surface area contributed by atoms with E-state index in [2.05, 4.69) is 63.1 Å². The molecule has 0 bridgehead atoms. The number of carbonyl (C=O) groups excluding carboxylic acids is 10. The van der Waals surface area contributed by atoms with Crippen LogP contribution in [0.4, 0.5) is 0 Å². The zero-order chi connectivity index (χ0) is 70.9. The number of hydrazine groups is 2. The number of aromatic hydroxyl groups is 1. The molecule has 0 spiro atoms. The summed E-state index contributed by atoms with van der Waals surface area (Å²) in [7, 11) is 0. The number of aromatic amines is 1. The van der Waals surface area contributed by atoms with Crippen LogP contribution < -0.4 is 43.8 Å². The van der Waals surface area contributed by atoms with Crippen LogP contribution in [0, 0.1) is 17.8 Å². The number of aromatic nitrogens is 1. The Balaban J connectivity index is 0.000000694. The SMILES string of the molecule is CC(=O)[C@H](Cc1c[nH]c2ccccc12)NC(C)C(=O)C(=O)[C@H](Cc1ccc(O)cc1)NN.CC(C)=O.CC[C@@H](CC(C)C)C(=O)N[C@@](C)(CCCC=CCCCCCC[C@@](C)(N[C@@H](CC(C)C)C(=O)C(=O)[C@@H](NC(=O)[C@H](Cc1ccccc1)NN)[C@@H](C)O)C(C)=O)C(C)=O. The molecule has 3 aromatic carbocycles. The van der Waals surface area contributed by atoms with Crippen molar-refractivity contribution < 1.29 is 58.2 Å². The summed E-state index contributed by atoms with van der Waals surface area (Å²) in [6.45, 7) is 24.1. The van der Waals surface area contributed by atoms with Crippen LogP contribution in [0.1, 0.15) is 191 Å². The second-order valence-electron chi connectivity index (χ2n) is 26.3. The van der Waals surface area contributed by atoms with Crippen LogP contribution in [-0.2, 0) is 67.2 Å². The number of fused-ring (bicyclic) bond motifs is 1. The van der Waals surface area contributed by atoms with Gasteiger partial charge in [-0.05, 0) is 186 Å². The molecule has 0 aliphatic carbocycles. The number of Topliss-reactive ketones (excluding diaryl/α,β-unsaturated/α-hetero) is 8. The predicted molar refractivity (Wildman–Crippen MR) is 370 cm³/mol. The number of phenolic OH excluding ortho intramolecular Hbond substituents is 1. The monoisotopic (exact) mass is 1310 g/mol. The number of unbranched alkanes of at least 4 members (excludes halogenated alkanes) is 5. The summed E-state index contributed by atoms with van der Waals surface area (Å²) in [6, 6.07) is 17.5. The predicted octanol–water partition coefficient (Wildman–Crippen LogP) is 8.18. The van der Waals surface area contributed by atoms with Gasteiger partial charge in [0.15, 0.2) is 5.78 Å². The lowest BCUT2D eigenvalue weighted by Gasteiger charge is -2.34. The first kappa shape index (κ1) is 82.9. The lowest BCUT2D eigenvalue weighted by atomic mass is 9.86. The Morgan fingerprint density at radius 2 is 1.10 bits per heavy atom. The summed E-state index contributed by atoms with van der Waals surface area (Å²) in [5, 5.41) is 32.8. The fraction of sp³-hybridized carbons (Fsp3) is 0.562. The molecule has 0 radical (unpaired) electrons. The van der Waals surface area contributed by atoms with Crippen LogP contribution >= 0.6 is 0 Å². The average molecular weight is 1310 g/mol. The van der Waals surface area contributed by atoms with Crippen molar-refractivity contribution in [3.05, 3.63) is 114 Å². The molecule has 0 saturated carbocycles. The van der Waals surface area contributed by atoms with Gasteiger partial charge in [-0.1, -0.05) is 127 Å². The van der Waals surface area contributed by atoms with Crippen molar-refractivity contribution in [2.75, 3.05) is 0 Å². The number of hydrogen-bond acceptors (Lipinski definition) is 18. The molecule has 13 N–H and O–H groups in total. The molecule has 520 valence electrons. The first-order chi connectivity index (χ1) is 44.2. The molecule has 2 amide bonds. The van der Waals surface area contributed by atoms with Crippen molar-refractivity contribution in [1.29, 1.82) is 0 Å². The molecule has 0 aliphatic rings. The maximum Gasteiger partial charge on any atom is 0.239 e. The Morgan fingerprint density at radius 1 is 0.574 bits per heavy atom. The van der Waals surface area contributed by atoms with E-state index in [0.717, 1.165) is 85.4 Å². The molecule has 0 fully saturated rings. The summed E-state index contributed by atoms with van der Waals surface area (Å²) < 4.78 is 0. The number of benzene rings is 3. The largest absolute Gasteiger partial charge is 0.508 e. The van der Waals surface area contributed by atoms with Gasteiger partial charge in [0.1, 0.15) is 35.2 Å². The molecule has 1 unspecified atom stereocenters. The number of aliphatic hydroxyl groups is 1. The molecule has 4 rings (SSSR count). The second-order valence-corrected chi connectivity index (χ2v) is 26.3. The van der Waals surface area contributed by atoms with Crippen LogP contribution in [0.2, 0.25) is 0 Å². The number of carbonyl (C=O) groups is 10. The highest BCUT2D eigenvalue weighted by atomic mass is 16.3. The highest BCUT2D eigenvalue weighted by molar-refractivity contribution is 6.41. The molecule has 0 saturated heterocycles. The Kier molecular flexibility index (Phi) is 37.2. The van der Waals surface area contributed by atoms with E-state index in [0.29, 0.717) is 25.2 Å². The number of nitrogens with two attached hydrogens (primary N) is 2. The lowest BCUT2D eigenvalue weighted by molar-refractivity contribution is -0.142. The van der Waals surface area contributed by atoms with E-state index in [4.69, 9.17) is 11.7 Å². The van der Waals surface area contributed by atoms with Gasteiger partial charge in [0, 0.05) is 23.0 Å². The van der Waals surface area contributed by atoms with E-state index in [1.807, 2.05) is 88.5 Å². The number of allylic oxidation sites excluding steroid dienone is 2. The van der Waals surface area contributed by atoms with Crippen molar-refractivity contribution in [3.8, 4) is 5.75 Å². The molecule has 0 aliphatic heterocycles. The number of hydrogen-bond donors (Lipinski definition) is 11. The maximum absolute atomic E-state index is 13.8. The van der Waals surface area contributed by atoms with Gasteiger partial charge in [-0.15, -0.1) is 0 Å². The number of rotatable bonds is 42. The zero-order valence-electron chi connectivity index (χ0n) is 58.2. The maximum atomic E-state index is 13.8. The summed E-state index contributed by atoms with van der Waals surface area (Å²) in [6.07, 6.45) is 14.5. The number of ketones is 8. The van der Waals surface area contributed by atoms with Crippen LogP contribution in [0.3, 0.4) is 0 Å². The van der Waals surface area contributed by atoms with Crippen molar-refractivity contribution in [1.82, 2.24) is 37.1 Å². The molecule has 21 heteroatoms. The highest BCUT2D eigenvalue weighted by Crippen LogP contribution is 2.24. The van der Waals surface area contributed by atoms with Gasteiger partial charge in [0.25, 0.3) is 0 Å². The van der Waals surface area contributed by atoms with Crippen molar-refractivity contribution in [2.45, 2.75) is 247 Å². The van der Waals surface area contributed by atoms with Gasteiger partial charge >= 0.3 is 0 Å². The summed E-state index contributed by atoms with van der Waals surface area (Å²) in [5.74, 6) is 7.73. The zero-order valence-corrected chi connectivity index (χ0v) is 58.2. The Bertz CT molecular complexity index is 3090. The molecular weight excluding hydrogens is 1190 g/mol. The molecule has 10 atom stereocenters. The van der Waals surface area contributed by atoms with Crippen LogP contribution in [0.25, 0.3) is 10.9 Å². The van der Waals surface area contributed by atoms with E-state index in [1.54, 1.807) is 32.9 Å². The third-order valence-electron chi connectivity index (χ3n) is 16.8. The fourth-order valence-corrected chi connectivity index (χ4v) is 10.8. The first-order valence-electron chi connectivity index (χ1n) is 33.2. The Labute approximate surface area is 557 Å². The van der Waals surface area contributed by atoms with Crippen molar-refractivity contribution in [3.63, 3.8) is 0 Å². The number of amides is 2. The molecule has 1 aromatic heterocycles. The molecular formula is C73H111N9O12. The summed E-state index contributed by atoms with van der Waals surface area (Å²) >= 11 is 0. The standard InChI is InChI=1S/C46H77N5O7.C24H28N4O4.C3H6O/c1-11-37(28-31(2)3)43(57)50-46(10,35(8)54)27-23-18-16-14-12-13-15-17-22-26-45(9,34(7)53)49-38(29-32(4)5)41(55)42(56)40(33(6)52)48-44(58)39(51-47)30-36-24-20-19-21-25-36;1-14(23(31)24(32)22(28-25)11-16-7-9-18(30)10-8-16)27-21(15(2)29)12-17-13-26-20-6-4-3-5-19(17)20;1-3(2)4/h14,16,19-21,24-25,31-33,37-40,49,51-52H,11-13,15,17-18,22-23,26-30,47H2,1-10H3,(H,48,58)(H,50,57);3-10,13-14,21-22,26-28,30H,11-12,25H2,1-2H3;1-2H3/t33-,37+,38+,39+,40+,45-,46+;14?,21-,22-;/m10./s1. The van der Waals surface area contributed by atoms with E-state index in [-0.39, 0.29) is 65.9 Å². The summed E-state index contributed by atoms with van der Waals surface area (Å²) in [4.78, 5) is 130. The number of H-pyrrole nitrogens is 1. The highest BCUT2D eigenvalue weighted by Gasteiger charge is 2.41. The van der Waals surface area contributed by atoms with E-state index >= 15 is 0 Å². The van der Waals surface area contributed by atoms with Crippen molar-refractivity contribution >= 4 is 69.0 Å². The topological polar surface area (TPSA) is 351 Å². The Hall–Kier alpha value is -7.24. The lowest BCUT2D eigenvalue weighted by Crippen LogP contribution is -2.61. The second kappa shape index (κ2) is 42.2. The van der Waals surface area contributed by atoms with Crippen LogP contribution in [0.5, 0.6) is 5.75 Å². The number of para-hydroxylation sites is 1. The van der Waals surface area contributed by atoms with Gasteiger partial charge in [0.2, 0.25) is 34.9 Å². The Morgan fingerprint density at radius 3 is 1.64 bits per heavy atom. The minimum atomic E-state index is -1.50. The van der Waals surface area contributed by atoms with Gasteiger partial charge < -0.3 is 30.6 Å². The van der Waals surface area contributed by atoms with Gasteiger partial charge in [-0.25, -0.2) is 10.9 Å². The smallest absolute Gasteiger partial charge is 0.239 e. The third-order valence-corrected chi connectivity index (χ3v) is 16.8. The molecule has 21 nitrogen and oxygen atoms in total. The number of phenols is 1. The van der Waals surface area contributed by atoms with E-state index in [9.17, 15) is 58.2 Å². The van der Waals surface area contributed by atoms with Crippen LogP contribution in [-0.4, -0.2) is 127 Å². The minimum absolute atomic E-state index is 0.00225. The van der Waals surface area contributed by atoms with Gasteiger partial charge in [0.05, 0.1) is 41.3 Å². The van der Waals surface area contributed by atoms with E-state index < -0.39 is 82.5 Å². The average Bonchev–Trinajstić information content (AvgIpc) is 1.66. The fourth-order valence-electron chi connectivity index (χ4n) is 10.8. The normalized spacial score (nSPS) is 15.3. The number of aliphatic hydroxyl groups excluding tert-OH is 1. The van der Waals surface area contributed by atoms with Gasteiger partial charge in [-0.3, -0.25) is 65.5 Å². The van der Waals surface area contributed by atoms with Gasteiger partial charge in [-0.2, -0.15) is 0 Å². The summed E-state index contributed by atoms with van der Waals surface area (Å²) in [5.41, 5.74) is 6.42. The molecule has 4 aromatic rings. The molecule has 1 heterocycles. The number of nitrogens with one attached hydrogen (secondary N) is 7.